The predicted molar refractivity (Wildman–Crippen MR) is 56.9 cm³/mol. The number of carbonyl (C=O) groups excluding carboxylic acids is 1. The van der Waals surface area contributed by atoms with Gasteiger partial charge in [-0.15, -0.1) is 0 Å². The zero-order chi connectivity index (χ0) is 10.4. The number of Topliss-reactive ketones (excluding diaryl/α,β-unsaturated/α-hetero) is 1. The highest BCUT2D eigenvalue weighted by atomic mass is 35.5. The van der Waals surface area contributed by atoms with E-state index in [4.69, 9.17) is 16.3 Å². The SMILES string of the molecule is COCCCC(=O)c1ccc(Cl)cc1. The van der Waals surface area contributed by atoms with Crippen molar-refractivity contribution in [2.75, 3.05) is 13.7 Å². The van der Waals surface area contributed by atoms with Crippen LogP contribution in [0.25, 0.3) is 0 Å². The summed E-state index contributed by atoms with van der Waals surface area (Å²) in [5.74, 6) is 0.138. The first-order valence-corrected chi connectivity index (χ1v) is 4.89. The van der Waals surface area contributed by atoms with Gasteiger partial charge in [-0.2, -0.15) is 0 Å². The minimum Gasteiger partial charge on any atom is -0.385 e. The first kappa shape index (κ1) is 11.2. The summed E-state index contributed by atoms with van der Waals surface area (Å²) in [4.78, 5) is 11.5. The number of methoxy groups -OCH3 is 1. The second-order valence-corrected chi connectivity index (χ2v) is 3.46. The molecule has 0 fully saturated rings. The van der Waals surface area contributed by atoms with Crippen LogP contribution < -0.4 is 0 Å². The lowest BCUT2D eigenvalue weighted by molar-refractivity contribution is 0.0963. The van der Waals surface area contributed by atoms with Crippen molar-refractivity contribution in [2.24, 2.45) is 0 Å². The molecule has 0 amide bonds. The summed E-state index contributed by atoms with van der Waals surface area (Å²) in [6.07, 6.45) is 1.29. The smallest absolute Gasteiger partial charge is 0.162 e. The van der Waals surface area contributed by atoms with Crippen LogP contribution in [0.15, 0.2) is 24.3 Å². The molecule has 0 saturated carbocycles. The largest absolute Gasteiger partial charge is 0.385 e. The number of ketones is 1. The van der Waals surface area contributed by atoms with Crippen LogP contribution in [0, 0.1) is 0 Å². The second-order valence-electron chi connectivity index (χ2n) is 3.03. The average Bonchev–Trinajstić information content (AvgIpc) is 2.19. The van der Waals surface area contributed by atoms with Gasteiger partial charge in [0, 0.05) is 30.7 Å². The Labute approximate surface area is 88.8 Å². The molecule has 0 radical (unpaired) electrons. The van der Waals surface area contributed by atoms with E-state index in [0.717, 1.165) is 6.42 Å². The van der Waals surface area contributed by atoms with E-state index in [2.05, 4.69) is 0 Å². The summed E-state index contributed by atoms with van der Waals surface area (Å²) in [5, 5.41) is 0.651. The third-order valence-electron chi connectivity index (χ3n) is 1.92. The Hall–Kier alpha value is -0.860. The van der Waals surface area contributed by atoms with Crippen molar-refractivity contribution in [1.29, 1.82) is 0 Å². The zero-order valence-corrected chi connectivity index (χ0v) is 8.88. The van der Waals surface area contributed by atoms with Crippen LogP contribution >= 0.6 is 11.6 Å². The number of hydrogen-bond acceptors (Lipinski definition) is 2. The van der Waals surface area contributed by atoms with Crippen molar-refractivity contribution in [2.45, 2.75) is 12.8 Å². The van der Waals surface area contributed by atoms with Crippen LogP contribution in [0.2, 0.25) is 5.02 Å². The lowest BCUT2D eigenvalue weighted by Crippen LogP contribution is -2.00. The number of halogens is 1. The van der Waals surface area contributed by atoms with Gasteiger partial charge < -0.3 is 4.74 Å². The molecule has 0 N–H and O–H groups in total. The Morgan fingerprint density at radius 3 is 2.57 bits per heavy atom. The number of rotatable bonds is 5. The van der Waals surface area contributed by atoms with E-state index in [-0.39, 0.29) is 5.78 Å². The fourth-order valence-corrected chi connectivity index (χ4v) is 1.28. The van der Waals surface area contributed by atoms with E-state index in [9.17, 15) is 4.79 Å². The average molecular weight is 213 g/mol. The normalized spacial score (nSPS) is 10.1. The third-order valence-corrected chi connectivity index (χ3v) is 2.17. The first-order chi connectivity index (χ1) is 6.74. The Kier molecular flexibility index (Phi) is 4.63. The van der Waals surface area contributed by atoms with Gasteiger partial charge in [-0.3, -0.25) is 4.79 Å². The number of ether oxygens (including phenoxy) is 1. The van der Waals surface area contributed by atoms with Crippen LogP contribution in [-0.4, -0.2) is 19.5 Å². The highest BCUT2D eigenvalue weighted by molar-refractivity contribution is 6.30. The summed E-state index contributed by atoms with van der Waals surface area (Å²) in [5.41, 5.74) is 0.713. The fourth-order valence-electron chi connectivity index (χ4n) is 1.16. The van der Waals surface area contributed by atoms with Crippen molar-refractivity contribution >= 4 is 17.4 Å². The molecule has 0 aliphatic rings. The highest BCUT2D eigenvalue weighted by Crippen LogP contribution is 2.11. The van der Waals surface area contributed by atoms with Gasteiger partial charge in [0.05, 0.1) is 0 Å². The first-order valence-electron chi connectivity index (χ1n) is 4.51. The lowest BCUT2D eigenvalue weighted by Gasteiger charge is -2.00. The summed E-state index contributed by atoms with van der Waals surface area (Å²) < 4.78 is 4.87. The van der Waals surface area contributed by atoms with Gasteiger partial charge in [0.1, 0.15) is 0 Å². The Balaban J connectivity index is 2.48. The number of carbonyl (C=O) groups is 1. The maximum atomic E-state index is 11.5. The molecular weight excluding hydrogens is 200 g/mol. The quantitative estimate of drug-likeness (QED) is 0.554. The Bertz CT molecular complexity index is 293. The molecule has 0 heterocycles. The van der Waals surface area contributed by atoms with E-state index in [1.54, 1.807) is 31.4 Å². The molecule has 0 unspecified atom stereocenters. The molecule has 0 atom stereocenters. The summed E-state index contributed by atoms with van der Waals surface area (Å²) in [6, 6.07) is 6.95. The molecule has 1 aromatic carbocycles. The van der Waals surface area contributed by atoms with Crippen molar-refractivity contribution in [3.63, 3.8) is 0 Å². The molecular formula is C11H13ClO2. The predicted octanol–water partition coefficient (Wildman–Crippen LogP) is 2.95. The Morgan fingerprint density at radius 2 is 2.00 bits per heavy atom. The van der Waals surface area contributed by atoms with E-state index in [1.807, 2.05) is 0 Å². The van der Waals surface area contributed by atoms with Gasteiger partial charge >= 0.3 is 0 Å². The molecule has 1 aromatic rings. The van der Waals surface area contributed by atoms with Gasteiger partial charge in [0.15, 0.2) is 5.78 Å². The molecule has 0 bridgehead atoms. The molecule has 0 spiro atoms. The highest BCUT2D eigenvalue weighted by Gasteiger charge is 2.04. The fraction of sp³-hybridized carbons (Fsp3) is 0.364. The van der Waals surface area contributed by atoms with Gasteiger partial charge in [0.25, 0.3) is 0 Å². The van der Waals surface area contributed by atoms with Crippen molar-refractivity contribution < 1.29 is 9.53 Å². The molecule has 14 heavy (non-hydrogen) atoms. The lowest BCUT2D eigenvalue weighted by atomic mass is 10.1. The van der Waals surface area contributed by atoms with Crippen molar-refractivity contribution in [1.82, 2.24) is 0 Å². The van der Waals surface area contributed by atoms with Crippen LogP contribution in [0.4, 0.5) is 0 Å². The van der Waals surface area contributed by atoms with Gasteiger partial charge in [-0.25, -0.2) is 0 Å². The summed E-state index contributed by atoms with van der Waals surface area (Å²) in [7, 11) is 1.63. The van der Waals surface area contributed by atoms with E-state index in [0.29, 0.717) is 23.6 Å². The maximum Gasteiger partial charge on any atom is 0.162 e. The Morgan fingerprint density at radius 1 is 1.36 bits per heavy atom. The van der Waals surface area contributed by atoms with Gasteiger partial charge in [-0.05, 0) is 30.7 Å². The van der Waals surface area contributed by atoms with Crippen LogP contribution in [0.3, 0.4) is 0 Å². The monoisotopic (exact) mass is 212 g/mol. The van der Waals surface area contributed by atoms with Crippen LogP contribution in [-0.2, 0) is 4.74 Å². The molecule has 2 nitrogen and oxygen atoms in total. The molecule has 0 aliphatic heterocycles. The van der Waals surface area contributed by atoms with E-state index < -0.39 is 0 Å². The zero-order valence-electron chi connectivity index (χ0n) is 8.13. The molecule has 0 aliphatic carbocycles. The summed E-state index contributed by atoms with van der Waals surface area (Å²) >= 11 is 5.71. The second kappa shape index (κ2) is 5.78. The number of hydrogen-bond donors (Lipinski definition) is 0. The van der Waals surface area contributed by atoms with Gasteiger partial charge in [0.2, 0.25) is 0 Å². The molecule has 0 aromatic heterocycles. The van der Waals surface area contributed by atoms with Crippen LogP contribution in [0.1, 0.15) is 23.2 Å². The third kappa shape index (κ3) is 3.48. The number of benzene rings is 1. The summed E-state index contributed by atoms with van der Waals surface area (Å²) in [6.45, 7) is 0.624. The molecule has 3 heteroatoms. The minimum absolute atomic E-state index is 0.138. The molecule has 1 rings (SSSR count). The van der Waals surface area contributed by atoms with Crippen molar-refractivity contribution in [3.8, 4) is 0 Å². The van der Waals surface area contributed by atoms with E-state index in [1.165, 1.54) is 0 Å². The van der Waals surface area contributed by atoms with Gasteiger partial charge in [-0.1, -0.05) is 11.6 Å². The van der Waals surface area contributed by atoms with Crippen molar-refractivity contribution in [3.05, 3.63) is 34.9 Å². The minimum atomic E-state index is 0.138. The van der Waals surface area contributed by atoms with E-state index >= 15 is 0 Å². The maximum absolute atomic E-state index is 11.5. The topological polar surface area (TPSA) is 26.3 Å². The molecule has 76 valence electrons. The van der Waals surface area contributed by atoms with Crippen LogP contribution in [0.5, 0.6) is 0 Å². The molecule has 0 saturated heterocycles. The standard InChI is InChI=1S/C11H13ClO2/c1-14-8-2-3-11(13)9-4-6-10(12)7-5-9/h4-7H,2-3,8H2,1H3.